The van der Waals surface area contributed by atoms with E-state index >= 15 is 0 Å². The number of amides is 2. The lowest BCUT2D eigenvalue weighted by atomic mass is 10.1. The summed E-state index contributed by atoms with van der Waals surface area (Å²) in [5.41, 5.74) is 1.37. The normalized spacial score (nSPS) is 10.4. The molecule has 0 aliphatic heterocycles. The Hall–Kier alpha value is -3.15. The third-order valence-electron chi connectivity index (χ3n) is 4.03. The van der Waals surface area contributed by atoms with Crippen molar-refractivity contribution in [1.82, 2.24) is 10.2 Å². The third kappa shape index (κ3) is 6.23. The Morgan fingerprint density at radius 1 is 0.964 bits per heavy atom. The van der Waals surface area contributed by atoms with Gasteiger partial charge in [-0.25, -0.2) is 4.79 Å². The largest absolute Gasteiger partial charge is 0.452 e. The lowest BCUT2D eigenvalue weighted by Gasteiger charge is -2.19. The zero-order valence-corrected chi connectivity index (χ0v) is 16.5. The number of rotatable bonds is 8. The minimum Gasteiger partial charge on any atom is -0.452 e. The summed E-state index contributed by atoms with van der Waals surface area (Å²) in [6.45, 7) is 4.49. The van der Waals surface area contributed by atoms with Crippen molar-refractivity contribution in [3.8, 4) is 0 Å². The van der Waals surface area contributed by atoms with Gasteiger partial charge in [0.2, 0.25) is 0 Å². The lowest BCUT2D eigenvalue weighted by molar-refractivity contribution is -0.124. The van der Waals surface area contributed by atoms with E-state index < -0.39 is 5.97 Å². The molecule has 148 valence electrons. The molecular formula is C22H26N2O4. The monoisotopic (exact) mass is 382 g/mol. The Morgan fingerprint density at radius 3 is 2.21 bits per heavy atom. The smallest absolute Gasteiger partial charge is 0.339 e. The maximum Gasteiger partial charge on any atom is 0.339 e. The second kappa shape index (κ2) is 10.3. The number of esters is 1. The van der Waals surface area contributed by atoms with Crippen LogP contribution < -0.4 is 5.32 Å². The topological polar surface area (TPSA) is 75.7 Å². The van der Waals surface area contributed by atoms with Crippen LogP contribution in [0.2, 0.25) is 0 Å². The minimum absolute atomic E-state index is 0.143. The van der Waals surface area contributed by atoms with Crippen LogP contribution in [0.3, 0.4) is 0 Å². The molecular weight excluding hydrogens is 356 g/mol. The molecule has 0 bridgehead atoms. The number of hydrogen-bond donors (Lipinski definition) is 1. The molecule has 6 heteroatoms. The van der Waals surface area contributed by atoms with Crippen molar-refractivity contribution >= 4 is 17.8 Å². The molecule has 2 aromatic carbocycles. The molecule has 0 unspecified atom stereocenters. The molecule has 6 nitrogen and oxygen atoms in total. The zero-order chi connectivity index (χ0) is 20.5. The predicted molar refractivity (Wildman–Crippen MR) is 107 cm³/mol. The summed E-state index contributed by atoms with van der Waals surface area (Å²) in [4.78, 5) is 38.5. The summed E-state index contributed by atoms with van der Waals surface area (Å²) in [6, 6.07) is 16.0. The molecule has 0 aliphatic rings. The summed E-state index contributed by atoms with van der Waals surface area (Å²) in [6.07, 6.45) is 0. The van der Waals surface area contributed by atoms with Crippen molar-refractivity contribution in [1.29, 1.82) is 0 Å². The lowest BCUT2D eigenvalue weighted by Crippen LogP contribution is -2.32. The fraction of sp³-hybridized carbons (Fsp3) is 0.318. The first-order chi connectivity index (χ1) is 13.4. The van der Waals surface area contributed by atoms with Gasteiger partial charge in [-0.1, -0.05) is 56.3 Å². The van der Waals surface area contributed by atoms with E-state index in [0.717, 1.165) is 5.56 Å². The van der Waals surface area contributed by atoms with Gasteiger partial charge in [0, 0.05) is 20.1 Å². The van der Waals surface area contributed by atoms with E-state index in [1.54, 1.807) is 25.2 Å². The Balaban J connectivity index is 2.03. The highest BCUT2D eigenvalue weighted by molar-refractivity contribution is 6.05. The van der Waals surface area contributed by atoms with Crippen molar-refractivity contribution in [3.05, 3.63) is 71.3 Å². The maximum atomic E-state index is 12.8. The highest BCUT2D eigenvalue weighted by Gasteiger charge is 2.21. The van der Waals surface area contributed by atoms with Gasteiger partial charge in [0.05, 0.1) is 11.1 Å². The molecule has 0 radical (unpaired) electrons. The van der Waals surface area contributed by atoms with Crippen molar-refractivity contribution in [3.63, 3.8) is 0 Å². The van der Waals surface area contributed by atoms with Gasteiger partial charge < -0.3 is 15.0 Å². The Labute approximate surface area is 165 Å². The molecule has 1 N–H and O–H groups in total. The van der Waals surface area contributed by atoms with Gasteiger partial charge in [-0.3, -0.25) is 9.59 Å². The van der Waals surface area contributed by atoms with Crippen molar-refractivity contribution in [2.24, 2.45) is 5.92 Å². The van der Waals surface area contributed by atoms with Crippen LogP contribution in [0.25, 0.3) is 0 Å². The standard InChI is InChI=1S/C22H26N2O4/c1-16(2)13-23-20(25)15-28-22(27)19-12-8-7-11-18(19)21(26)24(3)14-17-9-5-4-6-10-17/h4-12,16H,13-15H2,1-3H3,(H,23,25). The number of carbonyl (C=O) groups is 3. The number of nitrogens with zero attached hydrogens (tertiary/aromatic N) is 1. The summed E-state index contributed by atoms with van der Waals surface area (Å²) < 4.78 is 5.09. The minimum atomic E-state index is -0.697. The van der Waals surface area contributed by atoms with Gasteiger partial charge in [-0.05, 0) is 23.6 Å². The number of benzene rings is 2. The van der Waals surface area contributed by atoms with E-state index in [9.17, 15) is 14.4 Å². The predicted octanol–water partition coefficient (Wildman–Crippen LogP) is 2.89. The van der Waals surface area contributed by atoms with Gasteiger partial charge in [0.25, 0.3) is 11.8 Å². The molecule has 2 aromatic rings. The van der Waals surface area contributed by atoms with Crippen LogP contribution in [0.1, 0.15) is 40.1 Å². The van der Waals surface area contributed by atoms with E-state index in [0.29, 0.717) is 19.0 Å². The molecule has 0 saturated carbocycles. The fourth-order valence-electron chi connectivity index (χ4n) is 2.56. The molecule has 0 aromatic heterocycles. The molecule has 0 fully saturated rings. The summed E-state index contributed by atoms with van der Waals surface area (Å²) in [7, 11) is 1.68. The van der Waals surface area contributed by atoms with E-state index in [2.05, 4.69) is 5.32 Å². The van der Waals surface area contributed by atoms with Crippen molar-refractivity contribution in [2.45, 2.75) is 20.4 Å². The van der Waals surface area contributed by atoms with Crippen LogP contribution in [0.5, 0.6) is 0 Å². The van der Waals surface area contributed by atoms with Crippen LogP contribution in [-0.2, 0) is 16.1 Å². The summed E-state index contributed by atoms with van der Waals surface area (Å²) in [5, 5.41) is 2.68. The van der Waals surface area contributed by atoms with Gasteiger partial charge in [-0.15, -0.1) is 0 Å². The first kappa shape index (κ1) is 21.2. The van der Waals surface area contributed by atoms with Gasteiger partial charge in [0.15, 0.2) is 6.61 Å². The Kier molecular flexibility index (Phi) is 7.75. The highest BCUT2D eigenvalue weighted by atomic mass is 16.5. The van der Waals surface area contributed by atoms with Crippen LogP contribution in [0, 0.1) is 5.92 Å². The van der Waals surface area contributed by atoms with E-state index in [4.69, 9.17) is 4.74 Å². The fourth-order valence-corrected chi connectivity index (χ4v) is 2.56. The van der Waals surface area contributed by atoms with Crippen LogP contribution >= 0.6 is 0 Å². The number of ether oxygens (including phenoxy) is 1. The molecule has 0 spiro atoms. The molecule has 0 saturated heterocycles. The Bertz CT molecular complexity index is 818. The van der Waals surface area contributed by atoms with E-state index in [1.807, 2.05) is 44.2 Å². The van der Waals surface area contributed by atoms with Crippen LogP contribution in [0.15, 0.2) is 54.6 Å². The molecule has 28 heavy (non-hydrogen) atoms. The average molecular weight is 382 g/mol. The first-order valence-electron chi connectivity index (χ1n) is 9.20. The second-order valence-corrected chi connectivity index (χ2v) is 6.97. The molecule has 0 aliphatic carbocycles. The van der Waals surface area contributed by atoms with Gasteiger partial charge in [0.1, 0.15) is 0 Å². The van der Waals surface area contributed by atoms with Crippen molar-refractivity contribution in [2.75, 3.05) is 20.2 Å². The second-order valence-electron chi connectivity index (χ2n) is 6.97. The third-order valence-corrected chi connectivity index (χ3v) is 4.03. The summed E-state index contributed by atoms with van der Waals surface area (Å²) in [5.74, 6) is -1.05. The zero-order valence-electron chi connectivity index (χ0n) is 16.5. The average Bonchev–Trinajstić information content (AvgIpc) is 2.70. The van der Waals surface area contributed by atoms with E-state index in [1.165, 1.54) is 11.0 Å². The Morgan fingerprint density at radius 2 is 1.57 bits per heavy atom. The first-order valence-corrected chi connectivity index (χ1v) is 9.20. The molecule has 0 atom stereocenters. The number of carbonyl (C=O) groups excluding carboxylic acids is 3. The van der Waals surface area contributed by atoms with Gasteiger partial charge in [-0.2, -0.15) is 0 Å². The highest BCUT2D eigenvalue weighted by Crippen LogP contribution is 2.14. The number of nitrogens with one attached hydrogen (secondary N) is 1. The van der Waals surface area contributed by atoms with Crippen molar-refractivity contribution < 1.29 is 19.1 Å². The number of hydrogen-bond acceptors (Lipinski definition) is 4. The quantitative estimate of drug-likeness (QED) is 0.713. The molecule has 0 heterocycles. The summed E-state index contributed by atoms with van der Waals surface area (Å²) >= 11 is 0. The van der Waals surface area contributed by atoms with Crippen LogP contribution in [-0.4, -0.2) is 42.9 Å². The molecule has 2 rings (SSSR count). The van der Waals surface area contributed by atoms with Crippen LogP contribution in [0.4, 0.5) is 0 Å². The maximum absolute atomic E-state index is 12.8. The molecule has 2 amide bonds. The SMILES string of the molecule is CC(C)CNC(=O)COC(=O)c1ccccc1C(=O)N(C)Cc1ccccc1. The van der Waals surface area contributed by atoms with Gasteiger partial charge >= 0.3 is 5.97 Å². The van der Waals surface area contributed by atoms with E-state index in [-0.39, 0.29) is 29.5 Å².